The van der Waals surface area contributed by atoms with Crippen LogP contribution in [0.15, 0.2) is 0 Å². The molecule has 4 amide bonds. The normalized spacial score (nSPS) is 28.5. The second-order valence-electron chi connectivity index (χ2n) is 7.03. The third-order valence-electron chi connectivity index (χ3n) is 5.22. The van der Waals surface area contributed by atoms with E-state index in [1.807, 2.05) is 7.05 Å². The molecule has 12 nitrogen and oxygen atoms in total. The summed E-state index contributed by atoms with van der Waals surface area (Å²) in [6.45, 7) is 1.03. The zero-order valence-electron chi connectivity index (χ0n) is 14.8. The van der Waals surface area contributed by atoms with Gasteiger partial charge in [0.1, 0.15) is 6.04 Å². The Morgan fingerprint density at radius 3 is 2.63 bits per heavy atom. The summed E-state index contributed by atoms with van der Waals surface area (Å²) >= 11 is 0. The molecule has 13 heteroatoms. The van der Waals surface area contributed by atoms with Crippen molar-refractivity contribution in [3.05, 3.63) is 0 Å². The molecule has 3 saturated heterocycles. The predicted octanol–water partition coefficient (Wildman–Crippen LogP) is -1.38. The molecule has 0 spiro atoms. The number of fused-ring (bicyclic) bond motifs is 2. The first-order valence-corrected chi connectivity index (χ1v) is 10.1. The zero-order valence-corrected chi connectivity index (χ0v) is 15.6. The number of likely N-dealkylation sites (tertiary alicyclic amines) is 1. The third kappa shape index (κ3) is 4.48. The average molecular weight is 405 g/mol. The average Bonchev–Trinajstić information content (AvgIpc) is 3.09. The van der Waals surface area contributed by atoms with Gasteiger partial charge >= 0.3 is 16.4 Å². The van der Waals surface area contributed by atoms with E-state index in [1.54, 1.807) is 0 Å². The van der Waals surface area contributed by atoms with Gasteiger partial charge < -0.3 is 9.80 Å². The lowest BCUT2D eigenvalue weighted by atomic mass is 10.0. The Labute approximate surface area is 156 Å². The lowest BCUT2D eigenvalue weighted by Crippen LogP contribution is -2.54. The van der Waals surface area contributed by atoms with Crippen LogP contribution in [0.3, 0.4) is 0 Å². The van der Waals surface area contributed by atoms with Gasteiger partial charge in [0.05, 0.1) is 6.04 Å². The Kier molecular flexibility index (Phi) is 5.55. The van der Waals surface area contributed by atoms with Gasteiger partial charge in [0.2, 0.25) is 5.91 Å². The van der Waals surface area contributed by atoms with Crippen molar-refractivity contribution in [1.82, 2.24) is 25.7 Å². The molecule has 2 unspecified atom stereocenters. The van der Waals surface area contributed by atoms with E-state index in [0.717, 1.165) is 24.3 Å². The molecule has 0 saturated carbocycles. The quantitative estimate of drug-likeness (QED) is 0.374. The number of hydrazine groups is 1. The number of amides is 4. The molecule has 0 aromatic rings. The third-order valence-corrected chi connectivity index (χ3v) is 5.57. The van der Waals surface area contributed by atoms with Crippen LogP contribution in [0.25, 0.3) is 0 Å². The fourth-order valence-electron chi connectivity index (χ4n) is 3.82. The van der Waals surface area contributed by atoms with Gasteiger partial charge in [-0.15, -0.1) is 4.28 Å². The van der Waals surface area contributed by atoms with Gasteiger partial charge in [-0.1, -0.05) is 0 Å². The van der Waals surface area contributed by atoms with Crippen LogP contribution in [-0.4, -0.2) is 83.9 Å². The minimum Gasteiger partial charge on any atom is -0.309 e. The van der Waals surface area contributed by atoms with E-state index in [-0.39, 0.29) is 31.3 Å². The lowest BCUT2D eigenvalue weighted by Gasteiger charge is -2.29. The van der Waals surface area contributed by atoms with Gasteiger partial charge in [0.25, 0.3) is 5.91 Å². The van der Waals surface area contributed by atoms with Gasteiger partial charge in [0.15, 0.2) is 0 Å². The Morgan fingerprint density at radius 1 is 1.26 bits per heavy atom. The molecule has 3 aliphatic rings. The molecule has 3 atom stereocenters. The summed E-state index contributed by atoms with van der Waals surface area (Å²) in [4.78, 5) is 39.9. The van der Waals surface area contributed by atoms with Crippen LogP contribution in [0.5, 0.6) is 0 Å². The second kappa shape index (κ2) is 7.58. The van der Waals surface area contributed by atoms with E-state index < -0.39 is 34.4 Å². The van der Waals surface area contributed by atoms with Crippen LogP contribution in [0.4, 0.5) is 4.79 Å². The largest absolute Gasteiger partial charge is 0.418 e. The van der Waals surface area contributed by atoms with Crippen LogP contribution < -0.4 is 10.9 Å². The van der Waals surface area contributed by atoms with Crippen molar-refractivity contribution >= 4 is 28.2 Å². The highest BCUT2D eigenvalue weighted by Gasteiger charge is 2.49. The maximum absolute atomic E-state index is 12.4. The summed E-state index contributed by atoms with van der Waals surface area (Å²) in [5.41, 5.74) is 4.70. The van der Waals surface area contributed by atoms with Crippen molar-refractivity contribution in [3.63, 3.8) is 0 Å². The predicted molar refractivity (Wildman–Crippen MR) is 89.9 cm³/mol. The van der Waals surface area contributed by atoms with Gasteiger partial charge in [-0.05, 0) is 39.3 Å². The highest BCUT2D eigenvalue weighted by Crippen LogP contribution is 2.30. The van der Waals surface area contributed by atoms with E-state index in [4.69, 9.17) is 4.55 Å². The summed E-state index contributed by atoms with van der Waals surface area (Å²) < 4.78 is 34.8. The van der Waals surface area contributed by atoms with Crippen molar-refractivity contribution in [2.24, 2.45) is 0 Å². The topological polar surface area (TPSA) is 149 Å². The van der Waals surface area contributed by atoms with E-state index >= 15 is 0 Å². The first-order valence-electron chi connectivity index (χ1n) is 8.71. The smallest absolute Gasteiger partial charge is 0.309 e. The van der Waals surface area contributed by atoms with Crippen molar-refractivity contribution in [2.45, 2.75) is 50.2 Å². The van der Waals surface area contributed by atoms with E-state index in [2.05, 4.69) is 20.0 Å². The van der Waals surface area contributed by atoms with Gasteiger partial charge in [-0.25, -0.2) is 4.79 Å². The molecular formula is C14H23N5O7S. The number of hydroxylamine groups is 2. The maximum Gasteiger partial charge on any atom is 0.418 e. The van der Waals surface area contributed by atoms with Crippen LogP contribution in [-0.2, 0) is 24.3 Å². The van der Waals surface area contributed by atoms with Crippen molar-refractivity contribution in [1.29, 1.82) is 0 Å². The first kappa shape index (κ1) is 19.8. The molecule has 0 aliphatic carbocycles. The first-order chi connectivity index (χ1) is 12.7. The summed E-state index contributed by atoms with van der Waals surface area (Å²) in [6.07, 6.45) is 2.81. The number of hydrogen-bond acceptors (Lipinski definition) is 7. The maximum atomic E-state index is 12.4. The Morgan fingerprint density at radius 2 is 2.00 bits per heavy atom. The number of carbonyl (C=O) groups is 3. The summed E-state index contributed by atoms with van der Waals surface area (Å²) in [5.74, 6) is -0.886. The molecule has 2 bridgehead atoms. The minimum atomic E-state index is -4.84. The second-order valence-corrected chi connectivity index (χ2v) is 8.03. The van der Waals surface area contributed by atoms with Gasteiger partial charge in [-0.2, -0.15) is 13.5 Å². The molecule has 3 heterocycles. The Bertz CT molecular complexity index is 729. The van der Waals surface area contributed by atoms with E-state index in [0.29, 0.717) is 11.5 Å². The summed E-state index contributed by atoms with van der Waals surface area (Å²) in [5, 5.41) is 0.567. The molecule has 3 rings (SSSR count). The summed E-state index contributed by atoms with van der Waals surface area (Å²) in [6, 6.07) is -2.12. The molecule has 3 aliphatic heterocycles. The fourth-order valence-corrected chi connectivity index (χ4v) is 4.21. The number of piperidine rings is 1. The number of urea groups is 1. The minimum absolute atomic E-state index is 0.0905. The monoisotopic (exact) mass is 405 g/mol. The van der Waals surface area contributed by atoms with Gasteiger partial charge in [-0.3, -0.25) is 25.0 Å². The van der Waals surface area contributed by atoms with Crippen molar-refractivity contribution in [2.75, 3.05) is 20.1 Å². The number of nitrogens with one attached hydrogen (secondary N) is 2. The Hall–Kier alpha value is -1.96. The number of nitrogens with zero attached hydrogens (tertiary/aromatic N) is 3. The SMILES string of the molecule is CN1CCCC1CC(=O)NNC(=O)[C@@H]1CCC2CN1C(=O)N2OS(=O)(=O)O. The van der Waals surface area contributed by atoms with Crippen LogP contribution in [0.2, 0.25) is 0 Å². The lowest BCUT2D eigenvalue weighted by molar-refractivity contribution is -0.132. The highest BCUT2D eigenvalue weighted by atomic mass is 32.3. The molecule has 3 fully saturated rings. The van der Waals surface area contributed by atoms with Crippen LogP contribution in [0, 0.1) is 0 Å². The number of rotatable bonds is 5. The molecule has 152 valence electrons. The fraction of sp³-hybridized carbons (Fsp3) is 0.786. The molecule has 0 radical (unpaired) electrons. The van der Waals surface area contributed by atoms with E-state index in [1.165, 1.54) is 0 Å². The summed E-state index contributed by atoms with van der Waals surface area (Å²) in [7, 11) is -2.89. The number of hydrogen-bond donors (Lipinski definition) is 3. The van der Waals surface area contributed by atoms with Gasteiger partial charge in [0, 0.05) is 19.0 Å². The molecule has 0 aromatic heterocycles. The standard InChI is InChI=1S/C14H23N5O7S/c1-17-6-2-3-9(17)7-12(20)15-16-13(21)11-5-4-10-8-18(11)14(22)19(10)26-27(23,24)25/h9-11H,2-8H2,1H3,(H,15,20)(H,16,21)(H,23,24,25)/t9?,10?,11-/m0/s1. The molecule has 3 N–H and O–H groups in total. The highest BCUT2D eigenvalue weighted by molar-refractivity contribution is 7.80. The number of carbonyl (C=O) groups excluding carboxylic acids is 3. The van der Waals surface area contributed by atoms with Crippen LogP contribution in [0.1, 0.15) is 32.1 Å². The zero-order chi connectivity index (χ0) is 19.8. The van der Waals surface area contributed by atoms with E-state index in [9.17, 15) is 22.8 Å². The van der Waals surface area contributed by atoms with Crippen molar-refractivity contribution < 1.29 is 31.6 Å². The molecule has 27 heavy (non-hydrogen) atoms. The van der Waals surface area contributed by atoms with Crippen molar-refractivity contribution in [3.8, 4) is 0 Å². The molecular weight excluding hydrogens is 382 g/mol. The Balaban J connectivity index is 1.52. The molecule has 0 aromatic carbocycles. The van der Waals surface area contributed by atoms with Crippen LogP contribution >= 0.6 is 0 Å².